The molecule has 0 aromatic heterocycles. The fraction of sp³-hybridized carbons (Fsp3) is 0.462. The van der Waals surface area contributed by atoms with E-state index in [-0.39, 0.29) is 18.4 Å². The van der Waals surface area contributed by atoms with Gasteiger partial charge in [-0.1, -0.05) is 57.2 Å². The molecule has 0 aliphatic rings. The van der Waals surface area contributed by atoms with E-state index in [1.807, 2.05) is 70.2 Å². The number of nitrogens with one attached hydrogen (secondary N) is 1. The van der Waals surface area contributed by atoms with E-state index >= 15 is 0 Å². The van der Waals surface area contributed by atoms with Crippen molar-refractivity contribution >= 4 is 11.8 Å². The summed E-state index contributed by atoms with van der Waals surface area (Å²) in [6.45, 7) is 12.9. The van der Waals surface area contributed by atoms with Crippen molar-refractivity contribution in [2.24, 2.45) is 5.92 Å². The van der Waals surface area contributed by atoms with Crippen LogP contribution in [0.25, 0.3) is 0 Å². The Morgan fingerprint density at radius 3 is 2.32 bits per heavy atom. The minimum atomic E-state index is -0.548. The van der Waals surface area contributed by atoms with E-state index in [2.05, 4.69) is 19.2 Å². The largest absolute Gasteiger partial charge is 0.483 e. The van der Waals surface area contributed by atoms with Crippen LogP contribution in [-0.2, 0) is 16.1 Å². The molecule has 0 unspecified atom stereocenters. The Kier molecular flexibility index (Phi) is 9.10. The van der Waals surface area contributed by atoms with Crippen molar-refractivity contribution in [1.29, 1.82) is 0 Å². The highest BCUT2D eigenvalue weighted by Gasteiger charge is 2.29. The van der Waals surface area contributed by atoms with Crippen LogP contribution in [0.1, 0.15) is 49.4 Å². The normalized spacial score (nSPS) is 11.8. The summed E-state index contributed by atoms with van der Waals surface area (Å²) in [6.07, 6.45) is 0.533. The molecule has 0 radical (unpaired) electrons. The van der Waals surface area contributed by atoms with Crippen molar-refractivity contribution in [3.05, 3.63) is 64.7 Å². The van der Waals surface area contributed by atoms with E-state index in [4.69, 9.17) is 4.74 Å². The first-order chi connectivity index (χ1) is 14.7. The molecule has 2 rings (SSSR count). The zero-order valence-corrected chi connectivity index (χ0v) is 19.7. The fourth-order valence-electron chi connectivity index (χ4n) is 3.42. The maximum Gasteiger partial charge on any atom is 0.261 e. The number of hydrogen-bond donors (Lipinski definition) is 1. The number of benzene rings is 2. The topological polar surface area (TPSA) is 58.6 Å². The van der Waals surface area contributed by atoms with E-state index in [1.54, 1.807) is 4.90 Å². The first-order valence-corrected chi connectivity index (χ1v) is 11.0. The average Bonchev–Trinajstić information content (AvgIpc) is 2.74. The lowest BCUT2D eigenvalue weighted by atomic mass is 10.1. The molecule has 1 N–H and O–H groups in total. The summed E-state index contributed by atoms with van der Waals surface area (Å²) in [5.74, 6) is 0.719. The summed E-state index contributed by atoms with van der Waals surface area (Å²) >= 11 is 0. The molecule has 5 heteroatoms. The van der Waals surface area contributed by atoms with Crippen LogP contribution in [0.2, 0.25) is 0 Å². The monoisotopic (exact) mass is 424 g/mol. The highest BCUT2D eigenvalue weighted by Crippen LogP contribution is 2.21. The van der Waals surface area contributed by atoms with E-state index in [9.17, 15) is 9.59 Å². The summed E-state index contributed by atoms with van der Waals surface area (Å²) in [5.41, 5.74) is 4.24. The SMILES string of the molecule is CC[C@@H](C(=O)NCC(C)C)N(Cc1ccccc1C)C(=O)COc1cccc(C)c1C. The average molecular weight is 425 g/mol. The molecule has 2 amide bonds. The van der Waals surface area contributed by atoms with Crippen molar-refractivity contribution in [3.63, 3.8) is 0 Å². The smallest absolute Gasteiger partial charge is 0.261 e. The molecule has 0 bridgehead atoms. The van der Waals surface area contributed by atoms with E-state index < -0.39 is 6.04 Å². The van der Waals surface area contributed by atoms with Crippen molar-refractivity contribution in [3.8, 4) is 5.75 Å². The van der Waals surface area contributed by atoms with Crippen molar-refractivity contribution in [2.45, 2.75) is 60.5 Å². The molecule has 0 saturated heterocycles. The van der Waals surface area contributed by atoms with Crippen molar-refractivity contribution < 1.29 is 14.3 Å². The van der Waals surface area contributed by atoms with Crippen molar-refractivity contribution in [2.75, 3.05) is 13.2 Å². The molecular weight excluding hydrogens is 388 g/mol. The van der Waals surface area contributed by atoms with Crippen LogP contribution in [0, 0.1) is 26.7 Å². The van der Waals surface area contributed by atoms with E-state index in [1.165, 1.54) is 0 Å². The Morgan fingerprint density at radius 1 is 1.00 bits per heavy atom. The number of carbonyl (C=O) groups is 2. The lowest BCUT2D eigenvalue weighted by molar-refractivity contribution is -0.143. The summed E-state index contributed by atoms with van der Waals surface area (Å²) in [4.78, 5) is 27.9. The molecule has 0 aliphatic carbocycles. The van der Waals surface area contributed by atoms with Gasteiger partial charge in [0.25, 0.3) is 5.91 Å². The maximum atomic E-state index is 13.3. The zero-order chi connectivity index (χ0) is 23.0. The van der Waals surface area contributed by atoms with Gasteiger partial charge in [0.2, 0.25) is 5.91 Å². The van der Waals surface area contributed by atoms with Crippen LogP contribution >= 0.6 is 0 Å². The predicted molar refractivity (Wildman–Crippen MR) is 125 cm³/mol. The van der Waals surface area contributed by atoms with Gasteiger partial charge in [-0.2, -0.15) is 0 Å². The van der Waals surface area contributed by atoms with Gasteiger partial charge in [-0.05, 0) is 61.4 Å². The second-order valence-corrected chi connectivity index (χ2v) is 8.50. The third kappa shape index (κ3) is 6.84. The van der Waals surface area contributed by atoms with Gasteiger partial charge in [-0.25, -0.2) is 0 Å². The number of amides is 2. The third-order valence-corrected chi connectivity index (χ3v) is 5.58. The van der Waals surface area contributed by atoms with Gasteiger partial charge < -0.3 is 15.0 Å². The van der Waals surface area contributed by atoms with E-state index in [0.717, 1.165) is 22.3 Å². The fourth-order valence-corrected chi connectivity index (χ4v) is 3.42. The Balaban J connectivity index is 2.24. The number of nitrogens with zero attached hydrogens (tertiary/aromatic N) is 1. The van der Waals surface area contributed by atoms with Crippen LogP contribution in [0.3, 0.4) is 0 Å². The Bertz CT molecular complexity index is 892. The highest BCUT2D eigenvalue weighted by molar-refractivity contribution is 5.88. The Labute approximate surface area is 186 Å². The van der Waals surface area contributed by atoms with Gasteiger partial charge in [0, 0.05) is 13.1 Å². The number of hydrogen-bond acceptors (Lipinski definition) is 3. The molecule has 0 fully saturated rings. The van der Waals surface area contributed by atoms with Crippen LogP contribution in [0.4, 0.5) is 0 Å². The highest BCUT2D eigenvalue weighted by atomic mass is 16.5. The van der Waals surface area contributed by atoms with Gasteiger partial charge in [-0.3, -0.25) is 9.59 Å². The molecule has 2 aromatic carbocycles. The van der Waals surface area contributed by atoms with E-state index in [0.29, 0.717) is 31.2 Å². The summed E-state index contributed by atoms with van der Waals surface area (Å²) in [5, 5.41) is 2.99. The van der Waals surface area contributed by atoms with Gasteiger partial charge in [0.15, 0.2) is 6.61 Å². The van der Waals surface area contributed by atoms with Gasteiger partial charge in [-0.15, -0.1) is 0 Å². The maximum absolute atomic E-state index is 13.3. The number of ether oxygens (including phenoxy) is 1. The minimum absolute atomic E-state index is 0.107. The lowest BCUT2D eigenvalue weighted by Crippen LogP contribution is -2.50. The minimum Gasteiger partial charge on any atom is -0.483 e. The van der Waals surface area contributed by atoms with Crippen LogP contribution < -0.4 is 10.1 Å². The Morgan fingerprint density at radius 2 is 1.68 bits per heavy atom. The molecule has 0 aliphatic heterocycles. The molecule has 0 saturated carbocycles. The summed E-state index contributed by atoms with van der Waals surface area (Å²) in [7, 11) is 0. The lowest BCUT2D eigenvalue weighted by Gasteiger charge is -2.31. The standard InChI is InChI=1S/C26H36N2O3/c1-7-23(26(30)27-15-18(2)3)28(16-22-13-9-8-11-20(22)5)25(29)17-31-24-14-10-12-19(4)21(24)6/h8-14,18,23H,7,15-17H2,1-6H3,(H,27,30)/t23-/m0/s1. The van der Waals surface area contributed by atoms with Gasteiger partial charge in [0.05, 0.1) is 0 Å². The van der Waals surface area contributed by atoms with Crippen LogP contribution in [-0.4, -0.2) is 35.9 Å². The van der Waals surface area contributed by atoms with Crippen molar-refractivity contribution in [1.82, 2.24) is 10.2 Å². The first-order valence-electron chi connectivity index (χ1n) is 11.0. The summed E-state index contributed by atoms with van der Waals surface area (Å²) in [6, 6.07) is 13.2. The third-order valence-electron chi connectivity index (χ3n) is 5.58. The molecule has 5 nitrogen and oxygen atoms in total. The second-order valence-electron chi connectivity index (χ2n) is 8.50. The van der Waals surface area contributed by atoms with Crippen LogP contribution in [0.15, 0.2) is 42.5 Å². The molecule has 31 heavy (non-hydrogen) atoms. The number of aryl methyl sites for hydroxylation is 2. The molecule has 168 valence electrons. The number of carbonyl (C=O) groups excluding carboxylic acids is 2. The quantitative estimate of drug-likeness (QED) is 0.608. The second kappa shape index (κ2) is 11.5. The van der Waals surface area contributed by atoms with Gasteiger partial charge in [0.1, 0.15) is 11.8 Å². The zero-order valence-electron chi connectivity index (χ0n) is 19.7. The van der Waals surface area contributed by atoms with Crippen LogP contribution in [0.5, 0.6) is 5.75 Å². The number of rotatable bonds is 10. The predicted octanol–water partition coefficient (Wildman–Crippen LogP) is 4.57. The molecule has 2 aromatic rings. The molecule has 0 spiro atoms. The molecule has 1 atom stereocenters. The first kappa shape index (κ1) is 24.4. The van der Waals surface area contributed by atoms with Gasteiger partial charge >= 0.3 is 0 Å². The molecular formula is C26H36N2O3. The Hall–Kier alpha value is -2.82. The summed E-state index contributed by atoms with van der Waals surface area (Å²) < 4.78 is 5.88. The molecule has 0 heterocycles.